The number of carbonyl (C=O) groups is 1. The van der Waals surface area contributed by atoms with Gasteiger partial charge in [0.25, 0.3) is 0 Å². The van der Waals surface area contributed by atoms with Crippen LogP contribution in [0.2, 0.25) is 0 Å². The first-order valence-electron chi connectivity index (χ1n) is 4.19. The Morgan fingerprint density at radius 3 is 2.91 bits per heavy atom. The van der Waals surface area contributed by atoms with Crippen LogP contribution in [-0.2, 0) is 4.79 Å². The van der Waals surface area contributed by atoms with Crippen LogP contribution in [0.3, 0.4) is 0 Å². The molecular formula is C9H15NO. The molecule has 0 radical (unpaired) electrons. The summed E-state index contributed by atoms with van der Waals surface area (Å²) < 4.78 is 0. The minimum atomic E-state index is 0.264. The first-order chi connectivity index (χ1) is 5.22. The molecule has 0 aliphatic heterocycles. The standard InChI is InChI=1S/C9H15NO/c1-3-10-8-4-7(2)5-9(11)6-8/h6-7,10H,3-5H2,1-2H3/t7-/m1/s1. The van der Waals surface area contributed by atoms with E-state index < -0.39 is 0 Å². The molecule has 2 nitrogen and oxygen atoms in total. The van der Waals surface area contributed by atoms with E-state index in [0.29, 0.717) is 5.92 Å². The van der Waals surface area contributed by atoms with E-state index in [1.807, 2.05) is 6.92 Å². The highest BCUT2D eigenvalue weighted by molar-refractivity contribution is 5.91. The molecule has 11 heavy (non-hydrogen) atoms. The van der Waals surface area contributed by atoms with E-state index in [4.69, 9.17) is 0 Å². The Labute approximate surface area is 67.7 Å². The number of nitrogens with one attached hydrogen (secondary N) is 1. The fourth-order valence-corrected chi connectivity index (χ4v) is 1.45. The molecule has 1 aliphatic rings. The predicted octanol–water partition coefficient (Wildman–Crippen LogP) is 1.48. The Hall–Kier alpha value is -0.790. The van der Waals surface area contributed by atoms with Crippen LogP contribution < -0.4 is 5.32 Å². The van der Waals surface area contributed by atoms with Gasteiger partial charge in [-0.25, -0.2) is 0 Å². The lowest BCUT2D eigenvalue weighted by Gasteiger charge is -2.18. The lowest BCUT2D eigenvalue weighted by atomic mass is 9.93. The molecule has 0 aromatic rings. The molecule has 0 saturated heterocycles. The Morgan fingerprint density at radius 1 is 1.64 bits per heavy atom. The summed E-state index contributed by atoms with van der Waals surface area (Å²) >= 11 is 0. The van der Waals surface area contributed by atoms with E-state index in [-0.39, 0.29) is 5.78 Å². The summed E-state index contributed by atoms with van der Waals surface area (Å²) in [5.74, 6) is 0.779. The maximum Gasteiger partial charge on any atom is 0.157 e. The topological polar surface area (TPSA) is 29.1 Å². The van der Waals surface area contributed by atoms with E-state index in [2.05, 4.69) is 12.2 Å². The van der Waals surface area contributed by atoms with Gasteiger partial charge < -0.3 is 5.32 Å². The van der Waals surface area contributed by atoms with Crippen molar-refractivity contribution in [3.05, 3.63) is 11.8 Å². The normalized spacial score (nSPS) is 24.7. The molecule has 0 heterocycles. The zero-order valence-electron chi connectivity index (χ0n) is 7.18. The summed E-state index contributed by atoms with van der Waals surface area (Å²) in [7, 11) is 0. The SMILES string of the molecule is CCNC1=CC(=O)C[C@H](C)C1. The predicted molar refractivity (Wildman–Crippen MR) is 45.2 cm³/mol. The molecule has 0 spiro atoms. The van der Waals surface area contributed by atoms with Gasteiger partial charge in [-0.3, -0.25) is 4.79 Å². The number of ketones is 1. The second-order valence-electron chi connectivity index (χ2n) is 3.18. The van der Waals surface area contributed by atoms with Crippen LogP contribution in [0.1, 0.15) is 26.7 Å². The first-order valence-corrected chi connectivity index (χ1v) is 4.19. The van der Waals surface area contributed by atoms with Crippen molar-refractivity contribution in [1.29, 1.82) is 0 Å². The van der Waals surface area contributed by atoms with Crippen molar-refractivity contribution >= 4 is 5.78 Å². The van der Waals surface area contributed by atoms with E-state index in [9.17, 15) is 4.79 Å². The Morgan fingerprint density at radius 2 is 2.36 bits per heavy atom. The van der Waals surface area contributed by atoms with Crippen molar-refractivity contribution < 1.29 is 4.79 Å². The van der Waals surface area contributed by atoms with Gasteiger partial charge in [-0.1, -0.05) is 6.92 Å². The van der Waals surface area contributed by atoms with Crippen LogP contribution in [0, 0.1) is 5.92 Å². The van der Waals surface area contributed by atoms with Gasteiger partial charge in [0.15, 0.2) is 5.78 Å². The lowest BCUT2D eigenvalue weighted by Crippen LogP contribution is -2.21. The molecule has 1 N–H and O–H groups in total. The van der Waals surface area contributed by atoms with Gasteiger partial charge in [-0.2, -0.15) is 0 Å². The maximum absolute atomic E-state index is 11.0. The third-order valence-corrected chi connectivity index (χ3v) is 1.86. The minimum Gasteiger partial charge on any atom is -0.389 e. The molecule has 0 fully saturated rings. The van der Waals surface area contributed by atoms with Crippen molar-refractivity contribution in [2.45, 2.75) is 26.7 Å². The molecule has 0 aromatic heterocycles. The fraction of sp³-hybridized carbons (Fsp3) is 0.667. The van der Waals surface area contributed by atoms with E-state index in [1.165, 1.54) is 0 Å². The van der Waals surface area contributed by atoms with Crippen LogP contribution in [0.25, 0.3) is 0 Å². The number of carbonyl (C=O) groups excluding carboxylic acids is 1. The van der Waals surface area contributed by atoms with Gasteiger partial charge in [0.1, 0.15) is 0 Å². The number of allylic oxidation sites excluding steroid dienone is 2. The summed E-state index contributed by atoms with van der Waals surface area (Å²) in [5.41, 5.74) is 1.11. The molecular weight excluding hydrogens is 138 g/mol. The van der Waals surface area contributed by atoms with Crippen molar-refractivity contribution in [2.75, 3.05) is 6.54 Å². The zero-order valence-corrected chi connectivity index (χ0v) is 7.18. The fourth-order valence-electron chi connectivity index (χ4n) is 1.45. The minimum absolute atomic E-state index is 0.264. The van der Waals surface area contributed by atoms with Crippen molar-refractivity contribution in [3.63, 3.8) is 0 Å². The number of hydrogen-bond acceptors (Lipinski definition) is 2. The summed E-state index contributed by atoms with van der Waals surface area (Å²) in [6, 6.07) is 0. The van der Waals surface area contributed by atoms with E-state index in [1.54, 1.807) is 6.08 Å². The average Bonchev–Trinajstić information content (AvgIpc) is 1.85. The molecule has 0 saturated carbocycles. The van der Waals surface area contributed by atoms with E-state index in [0.717, 1.165) is 25.1 Å². The summed E-state index contributed by atoms with van der Waals surface area (Å²) in [6.07, 6.45) is 3.48. The molecule has 0 amide bonds. The van der Waals surface area contributed by atoms with Gasteiger partial charge in [0, 0.05) is 24.7 Å². The molecule has 2 heteroatoms. The molecule has 0 bridgehead atoms. The van der Waals surface area contributed by atoms with Gasteiger partial charge in [0.05, 0.1) is 0 Å². The van der Waals surface area contributed by atoms with Crippen LogP contribution in [0.15, 0.2) is 11.8 Å². The quantitative estimate of drug-likeness (QED) is 0.651. The van der Waals surface area contributed by atoms with Crippen LogP contribution in [0.4, 0.5) is 0 Å². The molecule has 0 unspecified atom stereocenters. The summed E-state index contributed by atoms with van der Waals surface area (Å²) in [6.45, 7) is 5.07. The van der Waals surface area contributed by atoms with Gasteiger partial charge in [0.2, 0.25) is 0 Å². The smallest absolute Gasteiger partial charge is 0.157 e. The monoisotopic (exact) mass is 153 g/mol. The maximum atomic E-state index is 11.0. The third-order valence-electron chi connectivity index (χ3n) is 1.86. The highest BCUT2D eigenvalue weighted by atomic mass is 16.1. The molecule has 62 valence electrons. The number of rotatable bonds is 2. The van der Waals surface area contributed by atoms with E-state index >= 15 is 0 Å². The molecule has 1 atom stereocenters. The lowest BCUT2D eigenvalue weighted by molar-refractivity contribution is -0.115. The number of hydrogen-bond donors (Lipinski definition) is 1. The van der Waals surface area contributed by atoms with Gasteiger partial charge in [-0.05, 0) is 19.3 Å². The highest BCUT2D eigenvalue weighted by Gasteiger charge is 2.15. The highest BCUT2D eigenvalue weighted by Crippen LogP contribution is 2.19. The Balaban J connectivity index is 2.57. The molecule has 0 aromatic carbocycles. The summed E-state index contributed by atoms with van der Waals surface area (Å²) in [4.78, 5) is 11.0. The van der Waals surface area contributed by atoms with Crippen molar-refractivity contribution in [3.8, 4) is 0 Å². The Bertz CT molecular complexity index is 184. The molecule has 1 aliphatic carbocycles. The van der Waals surface area contributed by atoms with Crippen molar-refractivity contribution in [2.24, 2.45) is 5.92 Å². The second-order valence-corrected chi connectivity index (χ2v) is 3.18. The van der Waals surface area contributed by atoms with Crippen LogP contribution in [0.5, 0.6) is 0 Å². The van der Waals surface area contributed by atoms with Gasteiger partial charge >= 0.3 is 0 Å². The summed E-state index contributed by atoms with van der Waals surface area (Å²) in [5, 5.41) is 3.19. The average molecular weight is 153 g/mol. The largest absolute Gasteiger partial charge is 0.389 e. The van der Waals surface area contributed by atoms with Crippen LogP contribution >= 0.6 is 0 Å². The van der Waals surface area contributed by atoms with Crippen LogP contribution in [-0.4, -0.2) is 12.3 Å². The van der Waals surface area contributed by atoms with Crippen molar-refractivity contribution in [1.82, 2.24) is 5.32 Å². The molecule has 1 rings (SSSR count). The third kappa shape index (κ3) is 2.37. The second kappa shape index (κ2) is 3.56. The zero-order chi connectivity index (χ0) is 8.27. The Kier molecular flexibility index (Phi) is 2.69. The first kappa shape index (κ1) is 8.31. The van der Waals surface area contributed by atoms with Gasteiger partial charge in [-0.15, -0.1) is 0 Å².